The van der Waals surface area contributed by atoms with Gasteiger partial charge in [0.05, 0.1) is 24.8 Å². The van der Waals surface area contributed by atoms with Crippen LogP contribution in [0.15, 0.2) is 24.3 Å². The van der Waals surface area contributed by atoms with E-state index in [1.165, 1.54) is 0 Å². The molecule has 10 heteroatoms. The van der Waals surface area contributed by atoms with E-state index < -0.39 is 18.6 Å². The number of hydrogen-bond donors (Lipinski definition) is 2. The summed E-state index contributed by atoms with van der Waals surface area (Å²) in [5.41, 5.74) is 1.11. The quantitative estimate of drug-likeness (QED) is 0.551. The van der Waals surface area contributed by atoms with E-state index in [1.807, 2.05) is 13.0 Å². The van der Waals surface area contributed by atoms with Crippen LogP contribution in [0.3, 0.4) is 0 Å². The standard InChI is InChI=1S/C26H34F3N3O4/c1-5-20-18-12-23(36-4)22(35-3)11-17(18)19(25(33)32-20)10-15-8-14-9-16(34-2)6-7-21(14)31-24(15)30-13-26(27,28)29/h6-9,17-20,22-23H,5,10-13H2,1-4H3,(H,30,31)(H,32,33). The van der Waals surface area contributed by atoms with E-state index in [-0.39, 0.29) is 48.2 Å². The van der Waals surface area contributed by atoms with Gasteiger partial charge >= 0.3 is 6.18 Å². The van der Waals surface area contributed by atoms with Gasteiger partial charge in [0, 0.05) is 31.6 Å². The Bertz CT molecular complexity index is 1080. The third kappa shape index (κ3) is 5.54. The zero-order valence-corrected chi connectivity index (χ0v) is 21.0. The van der Waals surface area contributed by atoms with Crippen molar-refractivity contribution < 1.29 is 32.2 Å². The minimum Gasteiger partial charge on any atom is -0.497 e. The number of halogens is 3. The van der Waals surface area contributed by atoms with E-state index >= 15 is 0 Å². The Morgan fingerprint density at radius 3 is 2.39 bits per heavy atom. The molecule has 2 N–H and O–H groups in total. The molecule has 1 saturated heterocycles. The number of piperidine rings is 1. The highest BCUT2D eigenvalue weighted by atomic mass is 19.4. The normalized spacial score (nSPS) is 28.5. The Kier molecular flexibility index (Phi) is 7.94. The van der Waals surface area contributed by atoms with Crippen LogP contribution in [0.4, 0.5) is 19.0 Å². The number of nitrogens with zero attached hydrogens (tertiary/aromatic N) is 1. The van der Waals surface area contributed by atoms with E-state index in [1.54, 1.807) is 39.5 Å². The summed E-state index contributed by atoms with van der Waals surface area (Å²) >= 11 is 0. The fraction of sp³-hybridized carbons (Fsp3) is 0.615. The average molecular weight is 510 g/mol. The number of pyridine rings is 1. The number of alkyl halides is 3. The summed E-state index contributed by atoms with van der Waals surface area (Å²) in [6, 6.07) is 7.05. The number of carbonyl (C=O) groups is 1. The number of rotatable bonds is 8. The maximum absolute atomic E-state index is 13.3. The second-order valence-electron chi connectivity index (χ2n) is 9.70. The number of anilines is 1. The molecule has 0 radical (unpaired) electrons. The molecule has 2 aromatic rings. The second-order valence-corrected chi connectivity index (χ2v) is 9.70. The van der Waals surface area contributed by atoms with Crippen LogP contribution in [0.5, 0.6) is 5.75 Å². The summed E-state index contributed by atoms with van der Waals surface area (Å²) in [5.74, 6) is 0.450. The Morgan fingerprint density at radius 1 is 1.08 bits per heavy atom. The van der Waals surface area contributed by atoms with Gasteiger partial charge < -0.3 is 24.8 Å². The van der Waals surface area contributed by atoms with Crippen molar-refractivity contribution in [2.24, 2.45) is 17.8 Å². The van der Waals surface area contributed by atoms with Crippen molar-refractivity contribution in [3.63, 3.8) is 0 Å². The minimum absolute atomic E-state index is 0.0107. The Hall–Kier alpha value is -2.59. The lowest BCUT2D eigenvalue weighted by Crippen LogP contribution is -2.59. The molecular formula is C26H34F3N3O4. The highest BCUT2D eigenvalue weighted by Gasteiger charge is 2.49. The molecule has 4 rings (SSSR count). The molecule has 36 heavy (non-hydrogen) atoms. The van der Waals surface area contributed by atoms with Crippen molar-refractivity contribution in [3.8, 4) is 5.75 Å². The number of fused-ring (bicyclic) bond motifs is 2. The number of hydrogen-bond acceptors (Lipinski definition) is 6. The Labute approximate surface area is 209 Å². The van der Waals surface area contributed by atoms with E-state index in [0.717, 1.165) is 18.2 Å². The molecule has 198 valence electrons. The summed E-state index contributed by atoms with van der Waals surface area (Å²) in [6.07, 6.45) is -2.17. The highest BCUT2D eigenvalue weighted by molar-refractivity contribution is 5.84. The van der Waals surface area contributed by atoms with Gasteiger partial charge in [-0.2, -0.15) is 13.2 Å². The SMILES string of the molecule is CCC1NC(=O)C(Cc2cc3cc(OC)ccc3nc2NCC(F)(F)F)C2CC(OC)C(OC)CC12. The molecule has 0 spiro atoms. The molecule has 6 unspecified atom stereocenters. The fourth-order valence-electron chi connectivity index (χ4n) is 5.91. The van der Waals surface area contributed by atoms with Crippen LogP contribution < -0.4 is 15.4 Å². The molecule has 0 bridgehead atoms. The van der Waals surface area contributed by atoms with Crippen LogP contribution in [0, 0.1) is 17.8 Å². The van der Waals surface area contributed by atoms with Crippen molar-refractivity contribution in [1.82, 2.24) is 10.3 Å². The molecule has 2 fully saturated rings. The maximum atomic E-state index is 13.3. The van der Waals surface area contributed by atoms with Gasteiger partial charge in [0.2, 0.25) is 5.91 Å². The average Bonchev–Trinajstić information content (AvgIpc) is 2.86. The van der Waals surface area contributed by atoms with Crippen LogP contribution in [0.1, 0.15) is 31.7 Å². The van der Waals surface area contributed by atoms with E-state index in [0.29, 0.717) is 23.3 Å². The van der Waals surface area contributed by atoms with Crippen LogP contribution >= 0.6 is 0 Å². The van der Waals surface area contributed by atoms with E-state index in [4.69, 9.17) is 14.2 Å². The third-order valence-electron chi connectivity index (χ3n) is 7.71. The molecule has 6 atom stereocenters. The van der Waals surface area contributed by atoms with Gasteiger partial charge in [-0.3, -0.25) is 4.79 Å². The zero-order valence-electron chi connectivity index (χ0n) is 21.0. The lowest BCUT2D eigenvalue weighted by Gasteiger charge is -2.49. The highest BCUT2D eigenvalue weighted by Crippen LogP contribution is 2.44. The Morgan fingerprint density at radius 2 is 1.78 bits per heavy atom. The van der Waals surface area contributed by atoms with Gasteiger partial charge in [0.15, 0.2) is 0 Å². The number of methoxy groups -OCH3 is 3. The first-order chi connectivity index (χ1) is 17.2. The van der Waals surface area contributed by atoms with Crippen molar-refractivity contribution in [2.75, 3.05) is 33.2 Å². The first-order valence-corrected chi connectivity index (χ1v) is 12.3. The Balaban J connectivity index is 1.71. The predicted molar refractivity (Wildman–Crippen MR) is 130 cm³/mol. The summed E-state index contributed by atoms with van der Waals surface area (Å²) in [5, 5.41) is 6.37. The van der Waals surface area contributed by atoms with Gasteiger partial charge in [-0.05, 0) is 67.3 Å². The molecule has 7 nitrogen and oxygen atoms in total. The molecule has 1 aliphatic carbocycles. The van der Waals surface area contributed by atoms with Crippen LogP contribution in [0.2, 0.25) is 0 Å². The number of benzene rings is 1. The summed E-state index contributed by atoms with van der Waals surface area (Å²) in [6.45, 7) is 0.836. The topological polar surface area (TPSA) is 81.7 Å². The maximum Gasteiger partial charge on any atom is 0.405 e. The van der Waals surface area contributed by atoms with Crippen molar-refractivity contribution in [1.29, 1.82) is 0 Å². The molecule has 1 saturated carbocycles. The lowest BCUT2D eigenvalue weighted by atomic mass is 9.63. The van der Waals surface area contributed by atoms with Crippen molar-refractivity contribution in [2.45, 2.75) is 57.0 Å². The summed E-state index contributed by atoms with van der Waals surface area (Å²) < 4.78 is 55.9. The molecule has 1 aliphatic heterocycles. The second kappa shape index (κ2) is 10.8. The zero-order chi connectivity index (χ0) is 26.0. The predicted octanol–water partition coefficient (Wildman–Crippen LogP) is 4.34. The van der Waals surface area contributed by atoms with Gasteiger partial charge in [-0.25, -0.2) is 4.98 Å². The van der Waals surface area contributed by atoms with E-state index in [9.17, 15) is 18.0 Å². The summed E-state index contributed by atoms with van der Waals surface area (Å²) in [4.78, 5) is 17.8. The minimum atomic E-state index is -4.40. The number of carbonyl (C=O) groups excluding carboxylic acids is 1. The fourth-order valence-corrected chi connectivity index (χ4v) is 5.91. The van der Waals surface area contributed by atoms with Gasteiger partial charge in [-0.1, -0.05) is 6.92 Å². The smallest absolute Gasteiger partial charge is 0.405 e. The molecule has 2 heterocycles. The molecule has 1 amide bonds. The molecule has 1 aromatic heterocycles. The number of ether oxygens (including phenoxy) is 3. The van der Waals surface area contributed by atoms with Crippen LogP contribution in [-0.2, 0) is 20.7 Å². The lowest BCUT2D eigenvalue weighted by molar-refractivity contribution is -0.144. The van der Waals surface area contributed by atoms with Crippen molar-refractivity contribution >= 4 is 22.6 Å². The number of aromatic nitrogens is 1. The molecular weight excluding hydrogens is 475 g/mol. The number of amides is 1. The number of nitrogens with one attached hydrogen (secondary N) is 2. The van der Waals surface area contributed by atoms with Crippen LogP contribution in [-0.4, -0.2) is 63.2 Å². The van der Waals surface area contributed by atoms with Crippen molar-refractivity contribution in [3.05, 3.63) is 29.8 Å². The third-order valence-corrected chi connectivity index (χ3v) is 7.71. The largest absolute Gasteiger partial charge is 0.497 e. The monoisotopic (exact) mass is 509 g/mol. The first kappa shape index (κ1) is 26.5. The van der Waals surface area contributed by atoms with Gasteiger partial charge in [-0.15, -0.1) is 0 Å². The van der Waals surface area contributed by atoms with Gasteiger partial charge in [0.25, 0.3) is 0 Å². The molecule has 2 aliphatic rings. The van der Waals surface area contributed by atoms with Gasteiger partial charge in [0.1, 0.15) is 18.1 Å². The summed E-state index contributed by atoms with van der Waals surface area (Å²) in [7, 11) is 4.87. The van der Waals surface area contributed by atoms with Crippen LogP contribution in [0.25, 0.3) is 10.9 Å². The van der Waals surface area contributed by atoms with E-state index in [2.05, 4.69) is 15.6 Å². The molecule has 1 aromatic carbocycles. The first-order valence-electron chi connectivity index (χ1n) is 12.3.